The van der Waals surface area contributed by atoms with Crippen LogP contribution in [-0.2, 0) is 6.54 Å². The first-order chi connectivity index (χ1) is 10.7. The van der Waals surface area contributed by atoms with Gasteiger partial charge in [0.2, 0.25) is 0 Å². The number of likely N-dealkylation sites (N-methyl/N-ethyl adjacent to an activating group) is 1. The largest absolute Gasteiger partial charge is 0.355 e. The molecule has 0 N–H and O–H groups in total. The third-order valence-corrected chi connectivity index (χ3v) is 4.33. The van der Waals surface area contributed by atoms with Gasteiger partial charge in [-0.3, -0.25) is 9.88 Å². The second-order valence-corrected chi connectivity index (χ2v) is 6.02. The predicted octanol–water partition coefficient (Wildman–Crippen LogP) is 2.28. The third kappa shape index (κ3) is 3.60. The quantitative estimate of drug-likeness (QED) is 0.866. The van der Waals surface area contributed by atoms with Crippen LogP contribution in [-0.4, -0.2) is 46.0 Å². The smallest absolute Gasteiger partial charge is 0.132 e. The highest BCUT2D eigenvalue weighted by Crippen LogP contribution is 2.21. The van der Waals surface area contributed by atoms with Crippen molar-refractivity contribution in [2.45, 2.75) is 32.4 Å². The maximum Gasteiger partial charge on any atom is 0.132 e. The van der Waals surface area contributed by atoms with Crippen LogP contribution >= 0.6 is 0 Å². The summed E-state index contributed by atoms with van der Waals surface area (Å²) in [5.41, 5.74) is 2.34. The Morgan fingerprint density at radius 3 is 2.86 bits per heavy atom. The Hall–Kier alpha value is -2.01. The van der Waals surface area contributed by atoms with E-state index in [1.807, 2.05) is 19.3 Å². The molecular formula is C17H23N5. The van der Waals surface area contributed by atoms with Crippen LogP contribution in [0.3, 0.4) is 0 Å². The minimum atomic E-state index is 0.505. The summed E-state index contributed by atoms with van der Waals surface area (Å²) in [6, 6.07) is 6.76. The molecule has 1 unspecified atom stereocenters. The van der Waals surface area contributed by atoms with Crippen molar-refractivity contribution in [1.29, 1.82) is 0 Å². The minimum Gasteiger partial charge on any atom is -0.355 e. The molecule has 116 valence electrons. The molecule has 0 radical (unpaired) electrons. The molecule has 1 aliphatic rings. The van der Waals surface area contributed by atoms with E-state index in [4.69, 9.17) is 0 Å². The summed E-state index contributed by atoms with van der Waals surface area (Å²) < 4.78 is 0. The fourth-order valence-corrected chi connectivity index (χ4v) is 3.06. The number of nitrogens with zero attached hydrogens (tertiary/aromatic N) is 5. The standard InChI is InChI=1S/C17H23N5/c1-14-10-17(20-13-19-14)21(2)16-4-3-9-22(12-16)11-15-5-7-18-8-6-15/h5-8,10,13,16H,3-4,9,11-12H2,1-2H3. The molecule has 0 bridgehead atoms. The van der Waals surface area contributed by atoms with Gasteiger partial charge >= 0.3 is 0 Å². The van der Waals surface area contributed by atoms with Gasteiger partial charge in [0.25, 0.3) is 0 Å². The van der Waals surface area contributed by atoms with Crippen molar-refractivity contribution in [2.75, 3.05) is 25.0 Å². The second kappa shape index (κ2) is 6.83. The lowest BCUT2D eigenvalue weighted by Crippen LogP contribution is -2.46. The van der Waals surface area contributed by atoms with Gasteiger partial charge in [0.15, 0.2) is 0 Å². The van der Waals surface area contributed by atoms with Crippen molar-refractivity contribution in [3.63, 3.8) is 0 Å². The number of anilines is 1. The van der Waals surface area contributed by atoms with Crippen molar-refractivity contribution in [2.24, 2.45) is 0 Å². The van der Waals surface area contributed by atoms with E-state index in [1.54, 1.807) is 6.33 Å². The number of hydrogen-bond acceptors (Lipinski definition) is 5. The number of aromatic nitrogens is 3. The second-order valence-electron chi connectivity index (χ2n) is 6.02. The SMILES string of the molecule is Cc1cc(N(C)C2CCCN(Cc3ccncc3)C2)ncn1. The molecule has 5 nitrogen and oxygen atoms in total. The van der Waals surface area contributed by atoms with Gasteiger partial charge in [0, 0.05) is 50.3 Å². The topological polar surface area (TPSA) is 45.2 Å². The van der Waals surface area contributed by atoms with E-state index in [1.165, 1.54) is 18.4 Å². The van der Waals surface area contributed by atoms with E-state index in [9.17, 15) is 0 Å². The molecule has 2 aromatic rings. The molecule has 1 atom stereocenters. The van der Waals surface area contributed by atoms with Gasteiger partial charge in [-0.1, -0.05) is 0 Å². The molecule has 0 saturated carbocycles. The first kappa shape index (κ1) is 14.9. The average molecular weight is 297 g/mol. The van der Waals surface area contributed by atoms with Gasteiger partial charge in [0.05, 0.1) is 0 Å². The van der Waals surface area contributed by atoms with Crippen LogP contribution in [0.2, 0.25) is 0 Å². The fraction of sp³-hybridized carbons (Fsp3) is 0.471. The highest BCUT2D eigenvalue weighted by Gasteiger charge is 2.24. The molecule has 2 aromatic heterocycles. The van der Waals surface area contributed by atoms with Crippen molar-refractivity contribution in [3.8, 4) is 0 Å². The Morgan fingerprint density at radius 2 is 2.09 bits per heavy atom. The van der Waals surface area contributed by atoms with Gasteiger partial charge in [0.1, 0.15) is 12.1 Å². The summed E-state index contributed by atoms with van der Waals surface area (Å²) in [5, 5.41) is 0. The summed E-state index contributed by atoms with van der Waals surface area (Å²) in [6.07, 6.45) is 7.83. The Balaban J connectivity index is 1.65. The van der Waals surface area contributed by atoms with Gasteiger partial charge in [-0.2, -0.15) is 0 Å². The van der Waals surface area contributed by atoms with Crippen molar-refractivity contribution >= 4 is 5.82 Å². The van der Waals surface area contributed by atoms with Crippen molar-refractivity contribution < 1.29 is 0 Å². The Morgan fingerprint density at radius 1 is 1.27 bits per heavy atom. The molecule has 1 saturated heterocycles. The number of piperidine rings is 1. The zero-order chi connectivity index (χ0) is 15.4. The van der Waals surface area contributed by atoms with Gasteiger partial charge in [-0.15, -0.1) is 0 Å². The van der Waals surface area contributed by atoms with E-state index < -0.39 is 0 Å². The van der Waals surface area contributed by atoms with Crippen molar-refractivity contribution in [3.05, 3.63) is 48.2 Å². The van der Waals surface area contributed by atoms with Crippen LogP contribution in [0.25, 0.3) is 0 Å². The Kier molecular flexibility index (Phi) is 4.63. The highest BCUT2D eigenvalue weighted by molar-refractivity contribution is 5.39. The molecule has 22 heavy (non-hydrogen) atoms. The summed E-state index contributed by atoms with van der Waals surface area (Å²) in [5.74, 6) is 1.02. The number of pyridine rings is 1. The molecule has 1 aliphatic heterocycles. The zero-order valence-corrected chi connectivity index (χ0v) is 13.3. The van der Waals surface area contributed by atoms with Crippen molar-refractivity contribution in [1.82, 2.24) is 19.9 Å². The number of likely N-dealkylation sites (tertiary alicyclic amines) is 1. The molecule has 0 spiro atoms. The lowest BCUT2D eigenvalue weighted by Gasteiger charge is -2.38. The maximum absolute atomic E-state index is 4.41. The highest BCUT2D eigenvalue weighted by atomic mass is 15.2. The zero-order valence-electron chi connectivity index (χ0n) is 13.3. The molecule has 1 fully saturated rings. The van der Waals surface area contributed by atoms with Crippen LogP contribution in [0.15, 0.2) is 36.9 Å². The monoisotopic (exact) mass is 297 g/mol. The molecule has 3 heterocycles. The van der Waals surface area contributed by atoms with Gasteiger partial charge in [-0.25, -0.2) is 9.97 Å². The van der Waals surface area contributed by atoms with Crippen LogP contribution in [0, 0.1) is 6.92 Å². The lowest BCUT2D eigenvalue weighted by molar-refractivity contribution is 0.198. The van der Waals surface area contributed by atoms with E-state index in [0.717, 1.165) is 31.1 Å². The number of aryl methyl sites for hydroxylation is 1. The minimum absolute atomic E-state index is 0.505. The van der Waals surface area contributed by atoms with Crippen LogP contribution in [0.1, 0.15) is 24.1 Å². The summed E-state index contributed by atoms with van der Waals surface area (Å²) in [7, 11) is 2.14. The van der Waals surface area contributed by atoms with Crippen LogP contribution in [0.5, 0.6) is 0 Å². The van der Waals surface area contributed by atoms with Crippen LogP contribution < -0.4 is 4.90 Å². The normalized spacial score (nSPS) is 19.1. The maximum atomic E-state index is 4.41. The average Bonchev–Trinajstić information content (AvgIpc) is 2.55. The summed E-state index contributed by atoms with van der Waals surface area (Å²) in [4.78, 5) is 17.5. The van der Waals surface area contributed by atoms with Crippen LogP contribution in [0.4, 0.5) is 5.82 Å². The van der Waals surface area contributed by atoms with Gasteiger partial charge < -0.3 is 4.90 Å². The first-order valence-electron chi connectivity index (χ1n) is 7.85. The molecule has 0 aromatic carbocycles. The molecule has 0 aliphatic carbocycles. The molecule has 5 heteroatoms. The summed E-state index contributed by atoms with van der Waals surface area (Å²) in [6.45, 7) is 5.24. The van der Waals surface area contributed by atoms with Gasteiger partial charge in [-0.05, 0) is 44.0 Å². The number of rotatable bonds is 4. The predicted molar refractivity (Wildman–Crippen MR) is 87.7 cm³/mol. The van der Waals surface area contributed by atoms with E-state index in [2.05, 4.69) is 50.0 Å². The Bertz CT molecular complexity index is 601. The van der Waals surface area contributed by atoms with E-state index in [-0.39, 0.29) is 0 Å². The van der Waals surface area contributed by atoms with E-state index >= 15 is 0 Å². The fourth-order valence-electron chi connectivity index (χ4n) is 3.06. The lowest BCUT2D eigenvalue weighted by atomic mass is 10.0. The number of hydrogen-bond donors (Lipinski definition) is 0. The molecular weight excluding hydrogens is 274 g/mol. The van der Waals surface area contributed by atoms with E-state index in [0.29, 0.717) is 6.04 Å². The Labute approximate surface area is 132 Å². The molecule has 3 rings (SSSR count). The summed E-state index contributed by atoms with van der Waals surface area (Å²) >= 11 is 0. The third-order valence-electron chi connectivity index (χ3n) is 4.33. The molecule has 0 amide bonds. The first-order valence-corrected chi connectivity index (χ1v) is 7.85.